The Morgan fingerprint density at radius 3 is 2.42 bits per heavy atom. The molecule has 4 heteroatoms. The van der Waals surface area contributed by atoms with Gasteiger partial charge in [-0.3, -0.25) is 4.79 Å². The Balaban J connectivity index is 2.01. The lowest BCUT2D eigenvalue weighted by molar-refractivity contribution is -0.190. The molecule has 4 bridgehead atoms. The minimum atomic E-state index is -1.09. The van der Waals surface area contributed by atoms with Gasteiger partial charge in [0.15, 0.2) is 0 Å². The van der Waals surface area contributed by atoms with E-state index in [2.05, 4.69) is 26.8 Å². The predicted octanol–water partition coefficient (Wildman–Crippen LogP) is 2.70. The van der Waals surface area contributed by atoms with E-state index in [1.54, 1.807) is 0 Å². The average Bonchev–Trinajstić information content (AvgIpc) is 3.11. The van der Waals surface area contributed by atoms with Crippen LogP contribution in [0, 0.1) is 45.8 Å². The Bertz CT molecular complexity index is 611. The molecule has 0 saturated heterocycles. The van der Waals surface area contributed by atoms with Crippen molar-refractivity contribution in [3.8, 4) is 0 Å². The minimum absolute atomic E-state index is 0.0739. The largest absolute Gasteiger partial charge is 0.481 e. The number of carbonyl (C=O) groups is 1. The maximum absolute atomic E-state index is 12.8. The van der Waals surface area contributed by atoms with Crippen molar-refractivity contribution in [2.75, 3.05) is 13.2 Å². The van der Waals surface area contributed by atoms with E-state index in [-0.39, 0.29) is 31.0 Å². The Morgan fingerprint density at radius 2 is 1.88 bits per heavy atom. The predicted molar refractivity (Wildman–Crippen MR) is 90.1 cm³/mol. The van der Waals surface area contributed by atoms with Gasteiger partial charge >= 0.3 is 5.97 Å². The maximum atomic E-state index is 12.8. The summed E-state index contributed by atoms with van der Waals surface area (Å²) in [6.45, 7) is 6.21. The third kappa shape index (κ3) is 1.40. The molecule has 4 nitrogen and oxygen atoms in total. The van der Waals surface area contributed by atoms with Gasteiger partial charge in [0.1, 0.15) is 5.41 Å². The second-order valence-corrected chi connectivity index (χ2v) is 9.30. The van der Waals surface area contributed by atoms with Crippen LogP contribution in [-0.4, -0.2) is 34.5 Å². The van der Waals surface area contributed by atoms with E-state index >= 15 is 0 Å². The van der Waals surface area contributed by atoms with Crippen LogP contribution >= 0.6 is 0 Å². The zero-order valence-electron chi connectivity index (χ0n) is 15.0. The maximum Gasteiger partial charge on any atom is 0.315 e. The van der Waals surface area contributed by atoms with Gasteiger partial charge in [0.05, 0.1) is 13.2 Å². The second-order valence-electron chi connectivity index (χ2n) is 9.30. The van der Waals surface area contributed by atoms with Crippen LogP contribution in [0.15, 0.2) is 11.6 Å². The number of hydrogen-bond donors (Lipinski definition) is 3. The molecule has 0 spiro atoms. The molecule has 3 N–H and O–H groups in total. The van der Waals surface area contributed by atoms with Crippen LogP contribution in [0.1, 0.15) is 46.5 Å². The smallest absolute Gasteiger partial charge is 0.315 e. The van der Waals surface area contributed by atoms with Gasteiger partial charge in [0, 0.05) is 10.8 Å². The molecule has 4 rings (SSSR count). The van der Waals surface area contributed by atoms with E-state index in [0.29, 0.717) is 11.8 Å². The van der Waals surface area contributed by atoms with Crippen molar-refractivity contribution < 1.29 is 20.1 Å². The Morgan fingerprint density at radius 1 is 1.21 bits per heavy atom. The third-order valence-corrected chi connectivity index (χ3v) is 8.60. The summed E-state index contributed by atoms with van der Waals surface area (Å²) in [6.07, 6.45) is 5.80. The summed E-state index contributed by atoms with van der Waals surface area (Å²) in [5.74, 6) is 0.642. The number of fused-ring (bicyclic) bond motifs is 2. The summed E-state index contributed by atoms with van der Waals surface area (Å²) < 4.78 is 0. The lowest BCUT2D eigenvalue weighted by atomic mass is 9.42. The molecule has 24 heavy (non-hydrogen) atoms. The lowest BCUT2D eigenvalue weighted by Crippen LogP contribution is -2.64. The van der Waals surface area contributed by atoms with Crippen molar-refractivity contribution in [3.63, 3.8) is 0 Å². The van der Waals surface area contributed by atoms with Crippen LogP contribution in [0.2, 0.25) is 0 Å². The Kier molecular flexibility index (Phi) is 3.35. The van der Waals surface area contributed by atoms with Gasteiger partial charge in [0.25, 0.3) is 0 Å². The SMILES string of the molecule is CC(C)C1=CC2CC3(CO)C4CCC(C)C4CC2(CO)[C@]13C(=O)O. The standard InChI is InChI=1S/C20H30O4/c1-11(2)16-6-13-7-19(10-22)15-5-4-12(3)14(15)8-18(13,9-21)20(16,19)17(23)24/h6,11-15,21-22H,4-5,7-10H2,1-3H3,(H,23,24)/t12?,13?,14?,15?,18?,19?,20-/m1/s1. The van der Waals surface area contributed by atoms with Crippen molar-refractivity contribution in [2.45, 2.75) is 46.5 Å². The molecule has 0 aromatic carbocycles. The molecule has 3 saturated carbocycles. The van der Waals surface area contributed by atoms with Gasteiger partial charge in [-0.05, 0) is 48.9 Å². The fourth-order valence-corrected chi connectivity index (χ4v) is 7.88. The minimum Gasteiger partial charge on any atom is -0.481 e. The van der Waals surface area contributed by atoms with Crippen LogP contribution in [0.25, 0.3) is 0 Å². The second kappa shape index (κ2) is 4.85. The quantitative estimate of drug-likeness (QED) is 0.691. The molecule has 0 aromatic rings. The highest BCUT2D eigenvalue weighted by molar-refractivity contribution is 5.84. The van der Waals surface area contributed by atoms with E-state index in [9.17, 15) is 20.1 Å². The molecule has 6 unspecified atom stereocenters. The molecule has 7 atom stereocenters. The number of aliphatic hydroxyl groups is 2. The summed E-state index contributed by atoms with van der Waals surface area (Å²) in [6, 6.07) is 0. The molecule has 0 aromatic heterocycles. The molecule has 134 valence electrons. The van der Waals surface area contributed by atoms with E-state index in [0.717, 1.165) is 31.3 Å². The number of carboxylic acid groups (broad SMARTS) is 1. The van der Waals surface area contributed by atoms with Gasteiger partial charge in [-0.25, -0.2) is 0 Å². The van der Waals surface area contributed by atoms with Gasteiger partial charge in [-0.15, -0.1) is 0 Å². The number of hydrogen-bond acceptors (Lipinski definition) is 3. The summed E-state index contributed by atoms with van der Waals surface area (Å²) in [5, 5.41) is 31.6. The van der Waals surface area contributed by atoms with Gasteiger partial charge in [0.2, 0.25) is 0 Å². The van der Waals surface area contributed by atoms with Crippen LogP contribution in [-0.2, 0) is 4.79 Å². The lowest BCUT2D eigenvalue weighted by Gasteiger charge is -2.59. The van der Waals surface area contributed by atoms with Crippen LogP contribution < -0.4 is 0 Å². The Hall–Kier alpha value is -0.870. The van der Waals surface area contributed by atoms with E-state index in [1.807, 2.05) is 0 Å². The highest BCUT2D eigenvalue weighted by atomic mass is 16.4. The van der Waals surface area contributed by atoms with Crippen molar-refractivity contribution in [1.29, 1.82) is 0 Å². The monoisotopic (exact) mass is 334 g/mol. The molecule has 0 aliphatic heterocycles. The van der Waals surface area contributed by atoms with E-state index in [1.165, 1.54) is 0 Å². The average molecular weight is 334 g/mol. The van der Waals surface area contributed by atoms with Crippen molar-refractivity contribution >= 4 is 5.97 Å². The number of rotatable bonds is 4. The van der Waals surface area contributed by atoms with Crippen molar-refractivity contribution in [2.24, 2.45) is 45.8 Å². The molecule has 0 radical (unpaired) electrons. The molecular weight excluding hydrogens is 304 g/mol. The number of carboxylic acids is 1. The molecule has 0 amide bonds. The zero-order chi connectivity index (χ0) is 17.5. The number of allylic oxidation sites excluding steroid dienone is 1. The Labute approximate surface area is 144 Å². The number of aliphatic hydroxyl groups excluding tert-OH is 2. The highest BCUT2D eigenvalue weighted by Gasteiger charge is 2.83. The fraction of sp³-hybridized carbons (Fsp3) is 0.850. The van der Waals surface area contributed by atoms with Gasteiger partial charge < -0.3 is 15.3 Å². The normalized spacial score (nSPS) is 51.8. The summed E-state index contributed by atoms with van der Waals surface area (Å²) in [7, 11) is 0. The first kappa shape index (κ1) is 16.6. The molecule has 3 fully saturated rings. The third-order valence-electron chi connectivity index (χ3n) is 8.60. The van der Waals surface area contributed by atoms with Crippen molar-refractivity contribution in [1.82, 2.24) is 0 Å². The first-order valence-corrected chi connectivity index (χ1v) is 9.49. The first-order valence-electron chi connectivity index (χ1n) is 9.49. The van der Waals surface area contributed by atoms with Crippen LogP contribution in [0.3, 0.4) is 0 Å². The summed E-state index contributed by atoms with van der Waals surface area (Å²) >= 11 is 0. The van der Waals surface area contributed by atoms with Crippen LogP contribution in [0.4, 0.5) is 0 Å². The fourth-order valence-electron chi connectivity index (χ4n) is 7.88. The zero-order valence-corrected chi connectivity index (χ0v) is 15.0. The summed E-state index contributed by atoms with van der Waals surface area (Å²) in [5.41, 5.74) is -1.35. The van der Waals surface area contributed by atoms with Crippen LogP contribution in [0.5, 0.6) is 0 Å². The number of aliphatic carboxylic acids is 1. The van der Waals surface area contributed by atoms with Gasteiger partial charge in [-0.2, -0.15) is 0 Å². The van der Waals surface area contributed by atoms with E-state index < -0.39 is 22.2 Å². The molecule has 4 aliphatic rings. The molecular formula is C20H30O4. The highest BCUT2D eigenvalue weighted by Crippen LogP contribution is 2.82. The topological polar surface area (TPSA) is 77.8 Å². The van der Waals surface area contributed by atoms with Crippen molar-refractivity contribution in [3.05, 3.63) is 11.6 Å². The van der Waals surface area contributed by atoms with E-state index in [4.69, 9.17) is 0 Å². The summed E-state index contributed by atoms with van der Waals surface area (Å²) in [4.78, 5) is 12.8. The molecule has 0 heterocycles. The molecule has 4 aliphatic carbocycles. The first-order chi connectivity index (χ1) is 11.3. The van der Waals surface area contributed by atoms with Gasteiger partial charge in [-0.1, -0.05) is 38.8 Å².